The number of aryl methyl sites for hydroxylation is 2. The molecule has 0 aromatic carbocycles. The second-order valence-corrected chi connectivity index (χ2v) is 5.76. The first-order valence-corrected chi connectivity index (χ1v) is 7.07. The maximum atomic E-state index is 11.9. The SMILES string of the molecule is CCc1cc(C(=O)NOC2CCCC2)sc1C. The van der Waals surface area contributed by atoms with E-state index in [0.29, 0.717) is 0 Å². The van der Waals surface area contributed by atoms with Crippen molar-refractivity contribution in [2.24, 2.45) is 0 Å². The Morgan fingerprint density at radius 1 is 1.53 bits per heavy atom. The summed E-state index contributed by atoms with van der Waals surface area (Å²) in [5.74, 6) is -0.107. The van der Waals surface area contributed by atoms with Gasteiger partial charge < -0.3 is 0 Å². The van der Waals surface area contributed by atoms with Crippen molar-refractivity contribution in [1.29, 1.82) is 0 Å². The number of carbonyl (C=O) groups is 1. The third-order valence-electron chi connectivity index (χ3n) is 3.25. The Morgan fingerprint density at radius 3 is 2.82 bits per heavy atom. The molecule has 0 unspecified atom stereocenters. The highest BCUT2D eigenvalue weighted by Crippen LogP contribution is 2.23. The van der Waals surface area contributed by atoms with Gasteiger partial charge in [-0.15, -0.1) is 11.3 Å². The molecule has 1 saturated carbocycles. The molecule has 2 rings (SSSR count). The molecule has 4 heteroatoms. The van der Waals surface area contributed by atoms with Gasteiger partial charge in [0.05, 0.1) is 11.0 Å². The molecule has 0 radical (unpaired) electrons. The highest BCUT2D eigenvalue weighted by Gasteiger charge is 2.18. The number of thiophene rings is 1. The van der Waals surface area contributed by atoms with E-state index in [1.54, 1.807) is 0 Å². The fourth-order valence-corrected chi connectivity index (χ4v) is 3.18. The lowest BCUT2D eigenvalue weighted by atomic mass is 10.2. The number of hydroxylamine groups is 1. The third-order valence-corrected chi connectivity index (χ3v) is 4.34. The van der Waals surface area contributed by atoms with E-state index in [2.05, 4.69) is 19.3 Å². The molecule has 0 atom stereocenters. The summed E-state index contributed by atoms with van der Waals surface area (Å²) in [7, 11) is 0. The predicted molar refractivity (Wildman–Crippen MR) is 69.2 cm³/mol. The second-order valence-electron chi connectivity index (χ2n) is 4.50. The monoisotopic (exact) mass is 253 g/mol. The van der Waals surface area contributed by atoms with Crippen LogP contribution in [0.5, 0.6) is 0 Å². The summed E-state index contributed by atoms with van der Waals surface area (Å²) in [6, 6.07) is 1.97. The maximum absolute atomic E-state index is 11.9. The largest absolute Gasteiger partial charge is 0.284 e. The van der Waals surface area contributed by atoms with Gasteiger partial charge in [0, 0.05) is 4.88 Å². The maximum Gasteiger partial charge on any atom is 0.284 e. The van der Waals surface area contributed by atoms with Crippen LogP contribution in [0, 0.1) is 6.92 Å². The zero-order valence-electron chi connectivity index (χ0n) is 10.4. The van der Waals surface area contributed by atoms with Crippen LogP contribution in [0.25, 0.3) is 0 Å². The molecule has 3 nitrogen and oxygen atoms in total. The molecule has 0 bridgehead atoms. The molecule has 0 spiro atoms. The number of carbonyl (C=O) groups excluding carboxylic acids is 1. The van der Waals surface area contributed by atoms with Crippen molar-refractivity contribution in [3.8, 4) is 0 Å². The topological polar surface area (TPSA) is 38.3 Å². The molecule has 1 aliphatic carbocycles. The Kier molecular flexibility index (Phi) is 4.18. The molecular weight excluding hydrogens is 234 g/mol. The van der Waals surface area contributed by atoms with E-state index < -0.39 is 0 Å². The highest BCUT2D eigenvalue weighted by atomic mass is 32.1. The first kappa shape index (κ1) is 12.6. The Bertz CT molecular complexity index is 394. The number of hydrogen-bond acceptors (Lipinski definition) is 3. The molecule has 1 aliphatic rings. The van der Waals surface area contributed by atoms with Gasteiger partial charge in [0.25, 0.3) is 5.91 Å². The minimum absolute atomic E-state index is 0.107. The van der Waals surface area contributed by atoms with Gasteiger partial charge in [0.15, 0.2) is 0 Å². The van der Waals surface area contributed by atoms with E-state index in [1.807, 2.05) is 6.07 Å². The molecule has 1 fully saturated rings. The second kappa shape index (κ2) is 5.65. The van der Waals surface area contributed by atoms with Crippen LogP contribution in [-0.2, 0) is 11.3 Å². The minimum atomic E-state index is -0.107. The van der Waals surface area contributed by atoms with Crippen molar-refractivity contribution < 1.29 is 9.63 Å². The average molecular weight is 253 g/mol. The van der Waals surface area contributed by atoms with Crippen molar-refractivity contribution in [3.63, 3.8) is 0 Å². The van der Waals surface area contributed by atoms with Gasteiger partial charge >= 0.3 is 0 Å². The van der Waals surface area contributed by atoms with Crippen LogP contribution in [-0.4, -0.2) is 12.0 Å². The molecule has 1 aromatic rings. The third kappa shape index (κ3) is 3.07. The summed E-state index contributed by atoms with van der Waals surface area (Å²) in [4.78, 5) is 19.2. The van der Waals surface area contributed by atoms with Gasteiger partial charge in [0.1, 0.15) is 0 Å². The van der Waals surface area contributed by atoms with Crippen LogP contribution in [0.15, 0.2) is 6.07 Å². The fraction of sp³-hybridized carbons (Fsp3) is 0.615. The lowest BCUT2D eigenvalue weighted by Gasteiger charge is -2.10. The van der Waals surface area contributed by atoms with E-state index in [4.69, 9.17) is 4.84 Å². The van der Waals surface area contributed by atoms with Gasteiger partial charge in [-0.2, -0.15) is 0 Å². The highest BCUT2D eigenvalue weighted by molar-refractivity contribution is 7.14. The summed E-state index contributed by atoms with van der Waals surface area (Å²) in [5, 5.41) is 0. The Balaban J connectivity index is 1.89. The Hall–Kier alpha value is -0.870. The molecular formula is C13H19NO2S. The normalized spacial score (nSPS) is 16.4. The summed E-state index contributed by atoms with van der Waals surface area (Å²) < 4.78 is 0. The fourth-order valence-electron chi connectivity index (χ4n) is 2.18. The number of amides is 1. The smallest absolute Gasteiger partial charge is 0.270 e. The van der Waals surface area contributed by atoms with Gasteiger partial charge in [-0.05, 0) is 37.8 Å². The summed E-state index contributed by atoms with van der Waals surface area (Å²) >= 11 is 1.54. The summed E-state index contributed by atoms with van der Waals surface area (Å²) in [6.45, 7) is 4.16. The molecule has 1 amide bonds. The molecule has 0 aliphatic heterocycles. The first-order chi connectivity index (χ1) is 8.20. The Morgan fingerprint density at radius 2 is 2.24 bits per heavy atom. The Labute approximate surface area is 106 Å². The summed E-state index contributed by atoms with van der Waals surface area (Å²) in [6.07, 6.45) is 5.72. The average Bonchev–Trinajstić information content (AvgIpc) is 2.94. The number of nitrogens with one attached hydrogen (secondary N) is 1. The van der Waals surface area contributed by atoms with Gasteiger partial charge in [-0.25, -0.2) is 5.48 Å². The minimum Gasteiger partial charge on any atom is -0.270 e. The lowest BCUT2D eigenvalue weighted by molar-refractivity contribution is -0.0122. The molecule has 1 aromatic heterocycles. The van der Waals surface area contributed by atoms with Crippen molar-refractivity contribution in [1.82, 2.24) is 5.48 Å². The summed E-state index contributed by atoms with van der Waals surface area (Å²) in [5.41, 5.74) is 3.83. The standard InChI is InChI=1S/C13H19NO2S/c1-3-10-8-12(17-9(10)2)13(15)14-16-11-6-4-5-7-11/h8,11H,3-7H2,1-2H3,(H,14,15). The quantitative estimate of drug-likeness (QED) is 0.837. The zero-order chi connectivity index (χ0) is 12.3. The number of hydrogen-bond donors (Lipinski definition) is 1. The van der Waals surface area contributed by atoms with Gasteiger partial charge in [-0.1, -0.05) is 19.8 Å². The molecule has 0 saturated heterocycles. The molecule has 1 heterocycles. The van der Waals surface area contributed by atoms with E-state index in [0.717, 1.165) is 24.1 Å². The van der Waals surface area contributed by atoms with E-state index >= 15 is 0 Å². The van der Waals surface area contributed by atoms with E-state index in [-0.39, 0.29) is 12.0 Å². The van der Waals surface area contributed by atoms with Crippen molar-refractivity contribution in [2.75, 3.05) is 0 Å². The van der Waals surface area contributed by atoms with Crippen LogP contribution in [0.1, 0.15) is 52.7 Å². The van der Waals surface area contributed by atoms with Crippen LogP contribution in [0.4, 0.5) is 0 Å². The molecule has 94 valence electrons. The van der Waals surface area contributed by atoms with Crippen molar-refractivity contribution in [3.05, 3.63) is 21.4 Å². The number of rotatable bonds is 4. The van der Waals surface area contributed by atoms with E-state index in [1.165, 1.54) is 34.6 Å². The van der Waals surface area contributed by atoms with Crippen molar-refractivity contribution >= 4 is 17.2 Å². The van der Waals surface area contributed by atoms with Gasteiger partial charge in [-0.3, -0.25) is 9.63 Å². The van der Waals surface area contributed by atoms with Gasteiger partial charge in [0.2, 0.25) is 0 Å². The zero-order valence-corrected chi connectivity index (χ0v) is 11.2. The van der Waals surface area contributed by atoms with Crippen LogP contribution in [0.2, 0.25) is 0 Å². The van der Waals surface area contributed by atoms with Crippen LogP contribution >= 0.6 is 11.3 Å². The predicted octanol–water partition coefficient (Wildman–Crippen LogP) is 3.22. The first-order valence-electron chi connectivity index (χ1n) is 6.26. The van der Waals surface area contributed by atoms with E-state index in [9.17, 15) is 4.79 Å². The lowest BCUT2D eigenvalue weighted by Crippen LogP contribution is -2.27. The van der Waals surface area contributed by atoms with Crippen molar-refractivity contribution in [2.45, 2.75) is 52.1 Å². The van der Waals surface area contributed by atoms with Crippen LogP contribution < -0.4 is 5.48 Å². The van der Waals surface area contributed by atoms with Crippen LogP contribution in [0.3, 0.4) is 0 Å². The molecule has 17 heavy (non-hydrogen) atoms. The molecule has 1 N–H and O–H groups in total.